The van der Waals surface area contributed by atoms with E-state index in [1.165, 1.54) is 0 Å². The van der Waals surface area contributed by atoms with Gasteiger partial charge >= 0.3 is 6.01 Å². The fourth-order valence-corrected chi connectivity index (χ4v) is 1.75. The molecular weight excluding hydrogens is 260 g/mol. The summed E-state index contributed by atoms with van der Waals surface area (Å²) >= 11 is 0. The normalized spacial score (nSPS) is 12.9. The van der Waals surface area contributed by atoms with Gasteiger partial charge in [-0.1, -0.05) is 18.9 Å². The van der Waals surface area contributed by atoms with Gasteiger partial charge in [0, 0.05) is 26.8 Å². The smallest absolute Gasteiger partial charge is 0.318 e. The monoisotopic (exact) mass is 286 g/mol. The Balaban J connectivity index is 2.69. The van der Waals surface area contributed by atoms with E-state index in [1.54, 1.807) is 14.2 Å². The van der Waals surface area contributed by atoms with Crippen LogP contribution in [0.25, 0.3) is 0 Å². The molecule has 1 rings (SSSR count). The second-order valence-corrected chi connectivity index (χ2v) is 5.00. The van der Waals surface area contributed by atoms with Crippen LogP contribution in [0.1, 0.15) is 26.7 Å². The van der Waals surface area contributed by atoms with Crippen molar-refractivity contribution in [3.8, 4) is 0 Å². The average molecular weight is 286 g/mol. The Morgan fingerprint density at radius 3 is 2.55 bits per heavy atom. The number of aromatic nitrogens is 2. The molecular formula is C13H26N4O3. The molecule has 0 bridgehead atoms. The number of ether oxygens (including phenoxy) is 2. The SMILES string of the molecule is COCCN(c1nnc(CNC(C)C)o1)C(C)COC. The van der Waals surface area contributed by atoms with E-state index in [4.69, 9.17) is 13.9 Å². The second-order valence-electron chi connectivity index (χ2n) is 5.00. The fraction of sp³-hybridized carbons (Fsp3) is 0.846. The quantitative estimate of drug-likeness (QED) is 0.689. The molecule has 1 aromatic heterocycles. The predicted octanol–water partition coefficient (Wildman–Crippen LogP) is 1.06. The van der Waals surface area contributed by atoms with Gasteiger partial charge in [-0.3, -0.25) is 0 Å². The van der Waals surface area contributed by atoms with Crippen molar-refractivity contribution in [1.82, 2.24) is 15.5 Å². The number of rotatable bonds is 10. The molecule has 0 aliphatic carbocycles. The van der Waals surface area contributed by atoms with Gasteiger partial charge in [0.2, 0.25) is 5.89 Å². The highest BCUT2D eigenvalue weighted by Crippen LogP contribution is 2.15. The van der Waals surface area contributed by atoms with E-state index < -0.39 is 0 Å². The van der Waals surface area contributed by atoms with E-state index in [9.17, 15) is 0 Å². The number of nitrogens with zero attached hydrogens (tertiary/aromatic N) is 3. The molecule has 0 aliphatic rings. The largest absolute Gasteiger partial charge is 0.407 e. The first kappa shape index (κ1) is 16.9. The molecule has 0 saturated heterocycles. The zero-order valence-electron chi connectivity index (χ0n) is 13.0. The van der Waals surface area contributed by atoms with Gasteiger partial charge < -0.3 is 24.1 Å². The molecule has 0 fully saturated rings. The maximum Gasteiger partial charge on any atom is 0.318 e. The van der Waals surface area contributed by atoms with E-state index in [1.807, 2.05) is 4.90 Å². The van der Waals surface area contributed by atoms with Crippen molar-refractivity contribution in [3.63, 3.8) is 0 Å². The lowest BCUT2D eigenvalue weighted by molar-refractivity contribution is 0.168. The van der Waals surface area contributed by atoms with Crippen LogP contribution in [0.5, 0.6) is 0 Å². The van der Waals surface area contributed by atoms with Crippen molar-refractivity contribution in [2.75, 3.05) is 38.9 Å². The minimum atomic E-state index is 0.140. The van der Waals surface area contributed by atoms with Gasteiger partial charge in [-0.25, -0.2) is 0 Å². The molecule has 7 heteroatoms. The van der Waals surface area contributed by atoms with Crippen molar-refractivity contribution in [1.29, 1.82) is 0 Å². The van der Waals surface area contributed by atoms with Crippen LogP contribution < -0.4 is 10.2 Å². The molecule has 0 radical (unpaired) electrons. The Morgan fingerprint density at radius 1 is 1.20 bits per heavy atom. The Morgan fingerprint density at radius 2 is 1.95 bits per heavy atom. The number of anilines is 1. The molecule has 1 atom stereocenters. The molecule has 1 unspecified atom stereocenters. The third kappa shape index (κ3) is 5.44. The van der Waals surface area contributed by atoms with Crippen molar-refractivity contribution < 1.29 is 13.9 Å². The van der Waals surface area contributed by atoms with Crippen LogP contribution >= 0.6 is 0 Å². The first-order valence-corrected chi connectivity index (χ1v) is 6.88. The van der Waals surface area contributed by atoms with Crippen molar-refractivity contribution in [2.24, 2.45) is 0 Å². The number of hydrogen-bond acceptors (Lipinski definition) is 7. The van der Waals surface area contributed by atoms with Gasteiger partial charge in [-0.05, 0) is 6.92 Å². The number of hydrogen-bond donors (Lipinski definition) is 1. The molecule has 0 aromatic carbocycles. The van der Waals surface area contributed by atoms with E-state index >= 15 is 0 Å². The average Bonchev–Trinajstić information content (AvgIpc) is 2.86. The summed E-state index contributed by atoms with van der Waals surface area (Å²) in [5.74, 6) is 0.584. The lowest BCUT2D eigenvalue weighted by atomic mass is 10.3. The molecule has 0 aliphatic heterocycles. The zero-order chi connectivity index (χ0) is 15.0. The maximum absolute atomic E-state index is 5.69. The summed E-state index contributed by atoms with van der Waals surface area (Å²) in [6.45, 7) is 8.63. The topological polar surface area (TPSA) is 72.7 Å². The predicted molar refractivity (Wildman–Crippen MR) is 76.8 cm³/mol. The summed E-state index contributed by atoms with van der Waals surface area (Å²) in [6.07, 6.45) is 0. The third-order valence-electron chi connectivity index (χ3n) is 2.84. The van der Waals surface area contributed by atoms with E-state index in [-0.39, 0.29) is 6.04 Å². The van der Waals surface area contributed by atoms with Gasteiger partial charge in [0.1, 0.15) is 0 Å². The summed E-state index contributed by atoms with van der Waals surface area (Å²) < 4.78 is 16.0. The van der Waals surface area contributed by atoms with Crippen LogP contribution in [-0.4, -0.2) is 56.3 Å². The van der Waals surface area contributed by atoms with Crippen LogP contribution in [-0.2, 0) is 16.0 Å². The molecule has 0 spiro atoms. The van der Waals surface area contributed by atoms with Crippen LogP contribution in [0.2, 0.25) is 0 Å². The molecule has 20 heavy (non-hydrogen) atoms. The van der Waals surface area contributed by atoms with Crippen molar-refractivity contribution in [2.45, 2.75) is 39.4 Å². The van der Waals surface area contributed by atoms with Gasteiger partial charge in [0.05, 0.1) is 25.8 Å². The van der Waals surface area contributed by atoms with Crippen LogP contribution in [0.4, 0.5) is 6.01 Å². The third-order valence-corrected chi connectivity index (χ3v) is 2.84. The Bertz CT molecular complexity index is 370. The number of nitrogens with one attached hydrogen (secondary N) is 1. The minimum absolute atomic E-state index is 0.140. The van der Waals surface area contributed by atoms with Gasteiger partial charge in [0.15, 0.2) is 0 Å². The second kappa shape index (κ2) is 8.89. The van der Waals surface area contributed by atoms with Crippen LogP contribution in [0, 0.1) is 0 Å². The van der Waals surface area contributed by atoms with Crippen molar-refractivity contribution in [3.05, 3.63) is 5.89 Å². The number of methoxy groups -OCH3 is 2. The summed E-state index contributed by atoms with van der Waals surface area (Å²) in [6, 6.07) is 1.02. The highest BCUT2D eigenvalue weighted by Gasteiger charge is 2.20. The molecule has 1 aromatic rings. The molecule has 116 valence electrons. The summed E-state index contributed by atoms with van der Waals surface area (Å²) in [7, 11) is 3.35. The Labute approximate surface area is 120 Å². The lowest BCUT2D eigenvalue weighted by Gasteiger charge is -2.26. The van der Waals surface area contributed by atoms with Crippen molar-refractivity contribution >= 4 is 6.01 Å². The standard InChI is InChI=1S/C13H26N4O3/c1-10(2)14-8-12-15-16-13(20-12)17(6-7-18-4)11(3)9-19-5/h10-11,14H,6-9H2,1-5H3. The Kier molecular flexibility index (Phi) is 7.50. The fourth-order valence-electron chi connectivity index (χ4n) is 1.75. The van der Waals surface area contributed by atoms with E-state index in [0.717, 1.165) is 0 Å². The van der Waals surface area contributed by atoms with Crippen LogP contribution in [0.15, 0.2) is 4.42 Å². The molecule has 0 saturated carbocycles. The lowest BCUT2D eigenvalue weighted by Crippen LogP contribution is -2.38. The molecule has 1 heterocycles. The minimum Gasteiger partial charge on any atom is -0.407 e. The highest BCUT2D eigenvalue weighted by atomic mass is 16.5. The Hall–Kier alpha value is -1.18. The molecule has 0 amide bonds. The first-order valence-electron chi connectivity index (χ1n) is 6.88. The van der Waals surface area contributed by atoms with Gasteiger partial charge in [-0.15, -0.1) is 5.10 Å². The van der Waals surface area contributed by atoms with Gasteiger partial charge in [0.25, 0.3) is 0 Å². The molecule has 1 N–H and O–H groups in total. The van der Waals surface area contributed by atoms with E-state index in [0.29, 0.717) is 44.3 Å². The van der Waals surface area contributed by atoms with E-state index in [2.05, 4.69) is 36.3 Å². The highest BCUT2D eigenvalue weighted by molar-refractivity contribution is 5.26. The molecule has 7 nitrogen and oxygen atoms in total. The summed E-state index contributed by atoms with van der Waals surface area (Å²) in [5.41, 5.74) is 0. The summed E-state index contributed by atoms with van der Waals surface area (Å²) in [5, 5.41) is 11.4. The first-order chi connectivity index (χ1) is 9.58. The van der Waals surface area contributed by atoms with Gasteiger partial charge in [-0.2, -0.15) is 0 Å². The maximum atomic E-state index is 5.69. The zero-order valence-corrected chi connectivity index (χ0v) is 13.0. The summed E-state index contributed by atoms with van der Waals surface area (Å²) in [4.78, 5) is 2.00. The van der Waals surface area contributed by atoms with Crippen LogP contribution in [0.3, 0.4) is 0 Å².